The number of carbonyl (C=O) groups is 3. The smallest absolute Gasteiger partial charge is 0.416 e. The van der Waals surface area contributed by atoms with Gasteiger partial charge in [0.15, 0.2) is 6.04 Å². The summed E-state index contributed by atoms with van der Waals surface area (Å²) >= 11 is 11.0. The molecule has 2 amide bonds. The lowest BCUT2D eigenvalue weighted by atomic mass is 9.86. The third-order valence-electron chi connectivity index (χ3n) is 3.94. The third kappa shape index (κ3) is 2.79. The Balaban J connectivity index is 2.11. The fourth-order valence-electron chi connectivity index (χ4n) is 2.81. The van der Waals surface area contributed by atoms with Crippen molar-refractivity contribution in [1.29, 1.82) is 0 Å². The molecule has 0 bridgehead atoms. The highest BCUT2D eigenvalue weighted by molar-refractivity contribution is 7.80. The molecule has 0 unspecified atom stereocenters. The van der Waals surface area contributed by atoms with Gasteiger partial charge in [-0.2, -0.15) is 0 Å². The topological polar surface area (TPSA) is 94.2 Å². The molecule has 8 nitrogen and oxygen atoms in total. The number of imide groups is 1. The van der Waals surface area contributed by atoms with Crippen LogP contribution in [0.15, 0.2) is 24.3 Å². The quantitative estimate of drug-likeness (QED) is 0.608. The van der Waals surface area contributed by atoms with E-state index in [1.807, 2.05) is 0 Å². The maximum absolute atomic E-state index is 12.9. The number of benzene rings is 1. The number of carbonyl (C=O) groups excluding carboxylic acids is 3. The van der Waals surface area contributed by atoms with Gasteiger partial charge in [-0.05, 0) is 24.4 Å². The van der Waals surface area contributed by atoms with Crippen molar-refractivity contribution in [3.05, 3.63) is 34.9 Å². The zero-order valence-corrected chi connectivity index (χ0v) is 14.6. The molecule has 0 saturated carbocycles. The summed E-state index contributed by atoms with van der Waals surface area (Å²) in [5.74, 6) is -1.57. The van der Waals surface area contributed by atoms with E-state index in [4.69, 9.17) is 38.0 Å². The molecule has 2 heterocycles. The lowest BCUT2D eigenvalue weighted by molar-refractivity contribution is -0.164. The number of ether oxygens (including phenoxy) is 3. The molecule has 1 aromatic carbocycles. The van der Waals surface area contributed by atoms with Gasteiger partial charge in [-0.3, -0.25) is 4.79 Å². The molecule has 0 radical (unpaired) electrons. The summed E-state index contributed by atoms with van der Waals surface area (Å²) in [5, 5.41) is 2.80. The van der Waals surface area contributed by atoms with E-state index in [1.54, 1.807) is 18.2 Å². The maximum atomic E-state index is 12.9. The van der Waals surface area contributed by atoms with Gasteiger partial charge >= 0.3 is 12.1 Å². The van der Waals surface area contributed by atoms with Crippen LogP contribution < -0.4 is 5.32 Å². The highest BCUT2D eigenvalue weighted by Gasteiger charge is 2.61. The number of hydrogen-bond acceptors (Lipinski definition) is 7. The summed E-state index contributed by atoms with van der Waals surface area (Å²) in [5.41, 5.74) is -1.64. The Kier molecular flexibility index (Phi) is 4.53. The largest absolute Gasteiger partial charge is 0.466 e. The average molecular weight is 385 g/mol. The van der Waals surface area contributed by atoms with Crippen LogP contribution in [0.25, 0.3) is 0 Å². The van der Waals surface area contributed by atoms with Crippen LogP contribution in [0.5, 0.6) is 0 Å². The van der Waals surface area contributed by atoms with Crippen LogP contribution >= 0.6 is 23.8 Å². The van der Waals surface area contributed by atoms with Crippen molar-refractivity contribution in [2.75, 3.05) is 20.3 Å². The molecule has 132 valence electrons. The van der Waals surface area contributed by atoms with Crippen LogP contribution in [0.3, 0.4) is 0 Å². The molecule has 25 heavy (non-hydrogen) atoms. The summed E-state index contributed by atoms with van der Waals surface area (Å²) in [6.45, 7) is 0.139. The van der Waals surface area contributed by atoms with Gasteiger partial charge < -0.3 is 19.5 Å². The molecule has 2 fully saturated rings. The summed E-state index contributed by atoms with van der Waals surface area (Å²) in [7, 11) is 1.16. The van der Waals surface area contributed by atoms with Crippen molar-refractivity contribution in [1.82, 2.24) is 10.2 Å². The van der Waals surface area contributed by atoms with Gasteiger partial charge in [-0.25, -0.2) is 14.5 Å². The van der Waals surface area contributed by atoms with E-state index in [9.17, 15) is 14.4 Å². The Hall–Kier alpha value is -2.39. The summed E-state index contributed by atoms with van der Waals surface area (Å²) < 4.78 is 15.2. The molecule has 0 aromatic heterocycles. The molecular weight excluding hydrogens is 372 g/mol. The predicted molar refractivity (Wildman–Crippen MR) is 88.8 cm³/mol. The first-order valence-electron chi connectivity index (χ1n) is 7.22. The standard InChI is InChI=1S/C15H13ClN2O6S/c1-22-12(20)15(8-3-2-4-9(16)7-8)10(17-13(25)24-15)11(19)18-5-6-23-14(18)21/h2-4,7,10H,5-6H2,1H3,(H,17,25)/t10-,15+/m0/s1. The number of nitrogens with zero attached hydrogens (tertiary/aromatic N) is 1. The first-order chi connectivity index (χ1) is 11.9. The van der Waals surface area contributed by atoms with Crippen molar-refractivity contribution in [3.8, 4) is 0 Å². The van der Waals surface area contributed by atoms with Crippen LogP contribution in [0.1, 0.15) is 5.56 Å². The van der Waals surface area contributed by atoms with Crippen molar-refractivity contribution in [2.45, 2.75) is 11.6 Å². The fourth-order valence-corrected chi connectivity index (χ4v) is 3.25. The van der Waals surface area contributed by atoms with E-state index < -0.39 is 29.6 Å². The first kappa shape index (κ1) is 17.4. The van der Waals surface area contributed by atoms with Gasteiger partial charge in [0, 0.05) is 10.6 Å². The minimum atomic E-state index is -1.91. The van der Waals surface area contributed by atoms with E-state index in [2.05, 4.69) is 5.32 Å². The van der Waals surface area contributed by atoms with E-state index in [0.717, 1.165) is 12.0 Å². The van der Waals surface area contributed by atoms with E-state index >= 15 is 0 Å². The number of thiocarbonyl (C=S) groups is 1. The number of amides is 2. The van der Waals surface area contributed by atoms with E-state index in [1.165, 1.54) is 6.07 Å². The second-order valence-corrected chi connectivity index (χ2v) is 6.12. The Labute approximate surface area is 153 Å². The number of nitrogens with one attached hydrogen (secondary N) is 1. The Bertz CT molecular complexity index is 772. The van der Waals surface area contributed by atoms with Gasteiger partial charge in [0.1, 0.15) is 6.61 Å². The van der Waals surface area contributed by atoms with Gasteiger partial charge in [-0.1, -0.05) is 23.7 Å². The maximum Gasteiger partial charge on any atom is 0.416 e. The SMILES string of the molecule is COC(=O)[C@]1(c2cccc(Cl)c2)OC(=S)N[C@H]1C(=O)N1CCOC1=O. The van der Waals surface area contributed by atoms with Gasteiger partial charge in [0.2, 0.25) is 0 Å². The van der Waals surface area contributed by atoms with Crippen LogP contribution in [0.2, 0.25) is 5.02 Å². The Morgan fingerprint density at radius 3 is 2.84 bits per heavy atom. The van der Waals surface area contributed by atoms with Crippen LogP contribution in [0, 0.1) is 0 Å². The van der Waals surface area contributed by atoms with Gasteiger partial charge in [-0.15, -0.1) is 0 Å². The first-order valence-corrected chi connectivity index (χ1v) is 8.01. The number of hydrogen-bond donors (Lipinski definition) is 1. The molecule has 10 heteroatoms. The number of halogens is 1. The lowest BCUT2D eigenvalue weighted by Gasteiger charge is -2.30. The summed E-state index contributed by atoms with van der Waals surface area (Å²) in [6, 6.07) is 4.92. The molecule has 3 rings (SSSR count). The third-order valence-corrected chi connectivity index (χ3v) is 4.37. The van der Waals surface area contributed by atoms with Crippen molar-refractivity contribution in [2.24, 2.45) is 0 Å². The zero-order valence-electron chi connectivity index (χ0n) is 13.0. The van der Waals surface area contributed by atoms with Crippen LogP contribution in [0.4, 0.5) is 4.79 Å². The molecule has 2 atom stereocenters. The van der Waals surface area contributed by atoms with Crippen molar-refractivity contribution in [3.63, 3.8) is 0 Å². The molecule has 2 aliphatic heterocycles. The molecule has 1 aromatic rings. The molecule has 1 N–H and O–H groups in total. The number of rotatable bonds is 3. The van der Waals surface area contributed by atoms with Gasteiger partial charge in [0.25, 0.3) is 16.7 Å². The minimum absolute atomic E-state index is 0.0649. The molecular formula is C15H13ClN2O6S. The number of cyclic esters (lactones) is 1. The van der Waals surface area contributed by atoms with Crippen LogP contribution in [-0.4, -0.2) is 54.3 Å². The summed E-state index contributed by atoms with van der Waals surface area (Å²) in [6.07, 6.45) is -0.797. The predicted octanol–water partition coefficient (Wildman–Crippen LogP) is 0.960. The zero-order chi connectivity index (χ0) is 18.2. The normalized spacial score (nSPS) is 25.2. The number of esters is 1. The van der Waals surface area contributed by atoms with Crippen LogP contribution in [-0.2, 0) is 29.4 Å². The van der Waals surface area contributed by atoms with Crippen molar-refractivity contribution < 1.29 is 28.6 Å². The van der Waals surface area contributed by atoms with E-state index in [0.29, 0.717) is 5.02 Å². The monoisotopic (exact) mass is 384 g/mol. The molecule has 0 spiro atoms. The van der Waals surface area contributed by atoms with E-state index in [-0.39, 0.29) is 23.9 Å². The highest BCUT2D eigenvalue weighted by atomic mass is 35.5. The summed E-state index contributed by atoms with van der Waals surface area (Å²) in [4.78, 5) is 38.1. The Morgan fingerprint density at radius 2 is 2.24 bits per heavy atom. The lowest BCUT2D eigenvalue weighted by Crippen LogP contribution is -2.57. The molecule has 2 aliphatic rings. The fraction of sp³-hybridized carbons (Fsp3) is 0.333. The molecule has 2 saturated heterocycles. The van der Waals surface area contributed by atoms with Gasteiger partial charge in [0.05, 0.1) is 13.7 Å². The second kappa shape index (κ2) is 6.49. The number of methoxy groups -OCH3 is 1. The average Bonchev–Trinajstić information content (AvgIpc) is 3.17. The second-order valence-electron chi connectivity index (χ2n) is 5.31. The molecule has 0 aliphatic carbocycles. The van der Waals surface area contributed by atoms with Crippen molar-refractivity contribution >= 4 is 47.0 Å². The Morgan fingerprint density at radius 1 is 1.48 bits per heavy atom. The minimum Gasteiger partial charge on any atom is -0.466 e. The highest BCUT2D eigenvalue weighted by Crippen LogP contribution is 2.38.